The molecule has 0 radical (unpaired) electrons. The highest BCUT2D eigenvalue weighted by Gasteiger charge is 2.24. The molecule has 1 unspecified atom stereocenters. The van der Waals surface area contributed by atoms with Gasteiger partial charge in [0.25, 0.3) is 5.91 Å². The van der Waals surface area contributed by atoms with Crippen LogP contribution in [0.25, 0.3) is 10.2 Å². The topological polar surface area (TPSA) is 64.1 Å². The Morgan fingerprint density at radius 2 is 1.86 bits per heavy atom. The van der Waals surface area contributed by atoms with Gasteiger partial charge in [-0.25, -0.2) is 9.97 Å². The van der Waals surface area contributed by atoms with E-state index in [1.807, 2.05) is 45.0 Å². The summed E-state index contributed by atoms with van der Waals surface area (Å²) in [4.78, 5) is 24.0. The smallest absolute Gasteiger partial charge is 0.262 e. The molecule has 0 spiro atoms. The van der Waals surface area contributed by atoms with Gasteiger partial charge in [-0.1, -0.05) is 39.0 Å². The Hall–Kier alpha value is -2.47. The maximum atomic E-state index is 13.0. The summed E-state index contributed by atoms with van der Waals surface area (Å²) in [5, 5.41) is 4.08. The number of hydrogen-bond donors (Lipinski definition) is 1. The minimum Gasteiger partial charge on any atom is -0.496 e. The number of carbonyl (C=O) groups is 1. The SMILES string of the molecule is COc1ccccc1C(C)NC(=O)c1sc2nc(C(C)(C)C)nc(C)c2c1C. The van der Waals surface area contributed by atoms with E-state index in [1.165, 1.54) is 11.3 Å². The summed E-state index contributed by atoms with van der Waals surface area (Å²) in [6.45, 7) is 12.2. The fourth-order valence-electron chi connectivity index (χ4n) is 3.26. The molecule has 1 aromatic carbocycles. The zero-order valence-electron chi connectivity index (χ0n) is 17.5. The molecule has 0 bridgehead atoms. The first-order valence-corrected chi connectivity index (χ1v) is 10.2. The fourth-order valence-corrected chi connectivity index (χ4v) is 4.39. The fraction of sp³-hybridized carbons (Fsp3) is 0.409. The highest BCUT2D eigenvalue weighted by molar-refractivity contribution is 7.20. The third-order valence-corrected chi connectivity index (χ3v) is 5.99. The van der Waals surface area contributed by atoms with E-state index in [2.05, 4.69) is 31.1 Å². The van der Waals surface area contributed by atoms with Crippen LogP contribution in [0, 0.1) is 13.8 Å². The van der Waals surface area contributed by atoms with Gasteiger partial charge < -0.3 is 10.1 Å². The Balaban J connectivity index is 1.96. The predicted molar refractivity (Wildman–Crippen MR) is 114 cm³/mol. The van der Waals surface area contributed by atoms with Crippen LogP contribution in [-0.4, -0.2) is 23.0 Å². The second-order valence-corrected chi connectivity index (χ2v) is 9.06. The van der Waals surface area contributed by atoms with Gasteiger partial charge in [-0.05, 0) is 32.4 Å². The second-order valence-electron chi connectivity index (χ2n) is 8.06. The number of nitrogens with one attached hydrogen (secondary N) is 1. The maximum Gasteiger partial charge on any atom is 0.262 e. The predicted octanol–water partition coefficient (Wildman–Crippen LogP) is 5.11. The molecule has 1 N–H and O–H groups in total. The van der Waals surface area contributed by atoms with Crippen molar-refractivity contribution in [3.8, 4) is 5.75 Å². The summed E-state index contributed by atoms with van der Waals surface area (Å²) in [6.07, 6.45) is 0. The zero-order chi connectivity index (χ0) is 20.6. The molecule has 0 aliphatic rings. The molecule has 148 valence electrons. The quantitative estimate of drug-likeness (QED) is 0.665. The molecular weight excluding hydrogens is 370 g/mol. The third-order valence-electron chi connectivity index (χ3n) is 4.80. The number of amides is 1. The van der Waals surface area contributed by atoms with Crippen LogP contribution in [0.15, 0.2) is 24.3 Å². The largest absolute Gasteiger partial charge is 0.496 e. The van der Waals surface area contributed by atoms with Gasteiger partial charge in [-0.2, -0.15) is 0 Å². The van der Waals surface area contributed by atoms with E-state index in [-0.39, 0.29) is 17.4 Å². The van der Waals surface area contributed by atoms with Gasteiger partial charge in [0.2, 0.25) is 0 Å². The summed E-state index contributed by atoms with van der Waals surface area (Å²) in [6, 6.07) is 7.55. The van der Waals surface area contributed by atoms with Crippen molar-refractivity contribution in [2.24, 2.45) is 0 Å². The second kappa shape index (κ2) is 7.51. The van der Waals surface area contributed by atoms with Crippen LogP contribution < -0.4 is 10.1 Å². The number of thiophene rings is 1. The van der Waals surface area contributed by atoms with Gasteiger partial charge in [-0.3, -0.25) is 4.79 Å². The van der Waals surface area contributed by atoms with Crippen LogP contribution in [0.1, 0.15) is 66.1 Å². The van der Waals surface area contributed by atoms with E-state index < -0.39 is 0 Å². The summed E-state index contributed by atoms with van der Waals surface area (Å²) >= 11 is 1.43. The zero-order valence-corrected chi connectivity index (χ0v) is 18.3. The van der Waals surface area contributed by atoms with Crippen LogP contribution in [0.5, 0.6) is 5.75 Å². The van der Waals surface area contributed by atoms with E-state index >= 15 is 0 Å². The van der Waals surface area contributed by atoms with E-state index in [0.29, 0.717) is 4.88 Å². The lowest BCUT2D eigenvalue weighted by atomic mass is 9.95. The van der Waals surface area contributed by atoms with Crippen molar-refractivity contribution >= 4 is 27.5 Å². The number of nitrogens with zero attached hydrogens (tertiary/aromatic N) is 2. The molecule has 3 aromatic rings. The van der Waals surface area contributed by atoms with Crippen LogP contribution in [0.4, 0.5) is 0 Å². The van der Waals surface area contributed by atoms with Crippen molar-refractivity contribution in [2.75, 3.05) is 7.11 Å². The molecule has 2 aromatic heterocycles. The number of methoxy groups -OCH3 is 1. The number of rotatable bonds is 4. The van der Waals surface area contributed by atoms with E-state index in [0.717, 1.165) is 38.6 Å². The molecular formula is C22H27N3O2S. The summed E-state index contributed by atoms with van der Waals surface area (Å²) in [5.41, 5.74) is 2.66. The Morgan fingerprint density at radius 1 is 1.18 bits per heavy atom. The molecule has 3 rings (SSSR count). The van der Waals surface area contributed by atoms with Gasteiger partial charge in [0.15, 0.2) is 0 Å². The number of carbonyl (C=O) groups excluding carboxylic acids is 1. The average Bonchev–Trinajstić information content (AvgIpc) is 2.98. The van der Waals surface area contributed by atoms with E-state index in [4.69, 9.17) is 9.72 Å². The van der Waals surface area contributed by atoms with Crippen molar-refractivity contribution in [2.45, 2.75) is 53.0 Å². The Bertz CT molecular complexity index is 1030. The standard InChI is InChI=1S/C22H27N3O2S/c1-12-17-14(3)24-21(22(4,5)6)25-20(17)28-18(12)19(26)23-13(2)15-10-8-9-11-16(15)27-7/h8-11,13H,1-7H3,(H,23,26). The normalized spacial score (nSPS) is 12.8. The number of benzene rings is 1. The minimum atomic E-state index is -0.175. The molecule has 5 nitrogen and oxygen atoms in total. The first-order valence-electron chi connectivity index (χ1n) is 9.35. The van der Waals surface area contributed by atoms with Crippen molar-refractivity contribution in [3.63, 3.8) is 0 Å². The van der Waals surface area contributed by atoms with Crippen molar-refractivity contribution in [1.82, 2.24) is 15.3 Å². The summed E-state index contributed by atoms with van der Waals surface area (Å²) in [7, 11) is 1.64. The van der Waals surface area contributed by atoms with Gasteiger partial charge in [-0.15, -0.1) is 11.3 Å². The van der Waals surface area contributed by atoms with Gasteiger partial charge in [0.1, 0.15) is 16.4 Å². The molecule has 1 amide bonds. The maximum absolute atomic E-state index is 13.0. The molecule has 0 aliphatic carbocycles. The van der Waals surface area contributed by atoms with Crippen molar-refractivity contribution < 1.29 is 9.53 Å². The van der Waals surface area contributed by atoms with Gasteiger partial charge in [0.05, 0.1) is 23.7 Å². The number of ether oxygens (including phenoxy) is 1. The molecule has 1 atom stereocenters. The average molecular weight is 398 g/mol. The summed E-state index contributed by atoms with van der Waals surface area (Å²) < 4.78 is 5.42. The van der Waals surface area contributed by atoms with Crippen LogP contribution >= 0.6 is 11.3 Å². The molecule has 6 heteroatoms. The molecule has 28 heavy (non-hydrogen) atoms. The lowest BCUT2D eigenvalue weighted by molar-refractivity contribution is 0.0943. The third kappa shape index (κ3) is 3.74. The lowest BCUT2D eigenvalue weighted by Crippen LogP contribution is -2.26. The first kappa shape index (κ1) is 20.3. The Labute approximate surface area is 170 Å². The molecule has 0 saturated carbocycles. The van der Waals surface area contributed by atoms with Gasteiger partial charge in [0, 0.05) is 16.4 Å². The Morgan fingerprint density at radius 3 is 2.50 bits per heavy atom. The Kier molecular flexibility index (Phi) is 5.44. The van der Waals surface area contributed by atoms with Gasteiger partial charge >= 0.3 is 0 Å². The first-order chi connectivity index (χ1) is 13.1. The number of aromatic nitrogens is 2. The number of aryl methyl sites for hydroxylation is 2. The van der Waals surface area contributed by atoms with E-state index in [1.54, 1.807) is 7.11 Å². The number of para-hydroxylation sites is 1. The van der Waals surface area contributed by atoms with Crippen LogP contribution in [0.3, 0.4) is 0 Å². The molecule has 0 saturated heterocycles. The minimum absolute atomic E-state index is 0.101. The van der Waals surface area contributed by atoms with Crippen molar-refractivity contribution in [1.29, 1.82) is 0 Å². The molecule has 0 fully saturated rings. The highest BCUT2D eigenvalue weighted by Crippen LogP contribution is 2.34. The van der Waals surface area contributed by atoms with E-state index in [9.17, 15) is 4.79 Å². The van der Waals surface area contributed by atoms with Crippen molar-refractivity contribution in [3.05, 3.63) is 51.8 Å². The molecule has 0 aliphatic heterocycles. The monoisotopic (exact) mass is 397 g/mol. The molecule has 2 heterocycles. The lowest BCUT2D eigenvalue weighted by Gasteiger charge is -2.17. The van der Waals surface area contributed by atoms with Crippen LogP contribution in [0.2, 0.25) is 0 Å². The summed E-state index contributed by atoms with van der Waals surface area (Å²) in [5.74, 6) is 1.46. The van der Waals surface area contributed by atoms with Crippen LogP contribution in [-0.2, 0) is 5.41 Å². The number of fused-ring (bicyclic) bond motifs is 1. The number of hydrogen-bond acceptors (Lipinski definition) is 5. The highest BCUT2D eigenvalue weighted by atomic mass is 32.1.